The van der Waals surface area contributed by atoms with Crippen LogP contribution < -0.4 is 0 Å². The van der Waals surface area contributed by atoms with Crippen LogP contribution in [0.15, 0.2) is 0 Å². The number of hydrogen-bond donors (Lipinski definition) is 5. The molecule has 0 saturated heterocycles. The molecule has 0 aromatic carbocycles. The molecule has 82 valence electrons. The molecular formula is C6H9IO7. The summed E-state index contributed by atoms with van der Waals surface area (Å²) in [6.07, 6.45) is -8.35. The van der Waals surface area contributed by atoms with Crippen LogP contribution >= 0.6 is 22.6 Å². The number of aliphatic carboxylic acids is 1. The Hall–Kier alpha value is -0.290. The second-order valence-electron chi connectivity index (χ2n) is 2.51. The molecule has 0 aromatic heterocycles. The van der Waals surface area contributed by atoms with Gasteiger partial charge in [-0.3, -0.25) is 4.79 Å². The Kier molecular flexibility index (Phi) is 5.44. The third-order valence-corrected chi connectivity index (χ3v) is 2.12. The van der Waals surface area contributed by atoms with Crippen LogP contribution in [-0.2, 0) is 9.59 Å². The van der Waals surface area contributed by atoms with Gasteiger partial charge in [0.2, 0.25) is 3.79 Å². The van der Waals surface area contributed by atoms with Crippen LogP contribution in [0, 0.1) is 0 Å². The summed E-state index contributed by atoms with van der Waals surface area (Å²) in [5.41, 5.74) is 0. The smallest absolute Gasteiger partial charge is 0.335 e. The number of rotatable bonds is 5. The van der Waals surface area contributed by atoms with Gasteiger partial charge in [-0.05, 0) is 0 Å². The van der Waals surface area contributed by atoms with Crippen molar-refractivity contribution in [1.82, 2.24) is 0 Å². The summed E-state index contributed by atoms with van der Waals surface area (Å²) in [6.45, 7) is 0. The molecule has 0 aromatic rings. The van der Waals surface area contributed by atoms with Gasteiger partial charge < -0.3 is 25.5 Å². The quantitative estimate of drug-likeness (QED) is 0.278. The van der Waals surface area contributed by atoms with Crippen molar-refractivity contribution in [3.63, 3.8) is 0 Å². The highest BCUT2D eigenvalue weighted by Gasteiger charge is 2.36. The van der Waals surface area contributed by atoms with Crippen LogP contribution in [0.3, 0.4) is 0 Å². The molecule has 0 rings (SSSR count). The molecular weight excluding hydrogens is 311 g/mol. The second kappa shape index (κ2) is 5.56. The first kappa shape index (κ1) is 13.7. The topological polar surface area (TPSA) is 135 Å². The van der Waals surface area contributed by atoms with E-state index in [9.17, 15) is 9.59 Å². The van der Waals surface area contributed by atoms with E-state index in [1.54, 1.807) is 0 Å². The van der Waals surface area contributed by atoms with Crippen molar-refractivity contribution in [3.8, 4) is 0 Å². The van der Waals surface area contributed by atoms with Crippen molar-refractivity contribution in [2.75, 3.05) is 0 Å². The molecule has 0 amide bonds. The van der Waals surface area contributed by atoms with Crippen LogP contribution in [0.5, 0.6) is 0 Å². The average molecular weight is 320 g/mol. The summed E-state index contributed by atoms with van der Waals surface area (Å²) in [7, 11) is 0. The van der Waals surface area contributed by atoms with Crippen molar-refractivity contribution in [2.24, 2.45) is 0 Å². The highest BCUT2D eigenvalue weighted by Crippen LogP contribution is 2.08. The van der Waals surface area contributed by atoms with Gasteiger partial charge in [-0.25, -0.2) is 4.79 Å². The number of hydrogen-bond acceptors (Lipinski definition) is 6. The Bertz CT molecular complexity index is 206. The predicted molar refractivity (Wildman–Crippen MR) is 50.7 cm³/mol. The zero-order valence-electron chi connectivity index (χ0n) is 6.74. The monoisotopic (exact) mass is 320 g/mol. The molecule has 5 N–H and O–H groups in total. The molecule has 7 nitrogen and oxygen atoms in total. The summed E-state index contributed by atoms with van der Waals surface area (Å²) in [5.74, 6) is -1.76. The fourth-order valence-electron chi connectivity index (χ4n) is 0.654. The molecule has 8 heteroatoms. The molecule has 0 bridgehead atoms. The fraction of sp³-hybridized carbons (Fsp3) is 0.667. The summed E-state index contributed by atoms with van der Waals surface area (Å²) >= 11 is 1.17. The normalized spacial score (nSPS) is 19.5. The molecule has 0 aliphatic carbocycles. The molecule has 4 atom stereocenters. The first-order chi connectivity index (χ1) is 6.29. The number of aliphatic hydroxyl groups is 4. The molecule has 0 spiro atoms. The standard InChI is InChI=1S/C6H9IO7/c7-5(12)3(10)1(8)2(9)4(11)6(13)14/h1-4,8-11H,(H,13,14)/t1-,2-,3+,4-/m0/s1. The summed E-state index contributed by atoms with van der Waals surface area (Å²) in [4.78, 5) is 20.7. The molecule has 0 saturated carbocycles. The number of carbonyl (C=O) groups is 2. The minimum absolute atomic E-state index is 0.869. The minimum Gasteiger partial charge on any atom is -0.479 e. The molecule has 0 aliphatic rings. The van der Waals surface area contributed by atoms with Crippen molar-refractivity contribution in [3.05, 3.63) is 0 Å². The maximum absolute atomic E-state index is 10.5. The number of halogens is 1. The van der Waals surface area contributed by atoms with Gasteiger partial charge in [-0.2, -0.15) is 0 Å². The lowest BCUT2D eigenvalue weighted by molar-refractivity contribution is -0.164. The Balaban J connectivity index is 4.45. The minimum atomic E-state index is -2.25. The summed E-state index contributed by atoms with van der Waals surface area (Å²) in [5, 5.41) is 43.9. The van der Waals surface area contributed by atoms with Gasteiger partial charge in [0.15, 0.2) is 12.2 Å². The van der Waals surface area contributed by atoms with Crippen molar-refractivity contribution >= 4 is 32.4 Å². The maximum atomic E-state index is 10.5. The highest BCUT2D eigenvalue weighted by atomic mass is 127. The first-order valence-electron chi connectivity index (χ1n) is 3.43. The van der Waals surface area contributed by atoms with Crippen LogP contribution in [0.25, 0.3) is 0 Å². The van der Waals surface area contributed by atoms with Crippen molar-refractivity contribution < 1.29 is 35.1 Å². The van der Waals surface area contributed by atoms with Gasteiger partial charge >= 0.3 is 5.97 Å². The van der Waals surface area contributed by atoms with Gasteiger partial charge in [-0.1, -0.05) is 0 Å². The van der Waals surface area contributed by atoms with Crippen LogP contribution in [0.4, 0.5) is 0 Å². The molecule has 0 heterocycles. The average Bonchev–Trinajstić information content (AvgIpc) is 2.12. The molecule has 0 radical (unpaired) electrons. The van der Waals surface area contributed by atoms with E-state index < -0.39 is 34.2 Å². The Morgan fingerprint density at radius 2 is 1.29 bits per heavy atom. The maximum Gasteiger partial charge on any atom is 0.335 e. The summed E-state index contributed by atoms with van der Waals surface area (Å²) in [6, 6.07) is 0. The lowest BCUT2D eigenvalue weighted by atomic mass is 10.0. The van der Waals surface area contributed by atoms with E-state index in [0.29, 0.717) is 0 Å². The molecule has 14 heavy (non-hydrogen) atoms. The Morgan fingerprint density at radius 3 is 1.57 bits per heavy atom. The zero-order valence-corrected chi connectivity index (χ0v) is 8.90. The van der Waals surface area contributed by atoms with Crippen LogP contribution in [0.2, 0.25) is 0 Å². The molecule has 0 aliphatic heterocycles. The van der Waals surface area contributed by atoms with Gasteiger partial charge in [0.05, 0.1) is 0 Å². The number of carboxylic acids is 1. The van der Waals surface area contributed by atoms with E-state index in [0.717, 1.165) is 0 Å². The van der Waals surface area contributed by atoms with E-state index in [1.165, 1.54) is 22.6 Å². The number of carbonyl (C=O) groups excluding carboxylic acids is 1. The predicted octanol–water partition coefficient (Wildman–Crippen LogP) is -2.52. The number of aliphatic hydroxyl groups excluding tert-OH is 4. The van der Waals surface area contributed by atoms with Gasteiger partial charge in [0, 0.05) is 22.6 Å². The van der Waals surface area contributed by atoms with Crippen molar-refractivity contribution in [2.45, 2.75) is 24.4 Å². The van der Waals surface area contributed by atoms with E-state index >= 15 is 0 Å². The fourth-order valence-corrected chi connectivity index (χ4v) is 1.02. The van der Waals surface area contributed by atoms with Crippen LogP contribution in [-0.4, -0.2) is 59.7 Å². The molecule has 0 fully saturated rings. The van der Waals surface area contributed by atoms with E-state index in [-0.39, 0.29) is 0 Å². The van der Waals surface area contributed by atoms with E-state index in [2.05, 4.69) is 0 Å². The largest absolute Gasteiger partial charge is 0.479 e. The van der Waals surface area contributed by atoms with Crippen LogP contribution in [0.1, 0.15) is 0 Å². The van der Waals surface area contributed by atoms with Gasteiger partial charge in [0.25, 0.3) is 0 Å². The third-order valence-electron chi connectivity index (χ3n) is 1.48. The molecule has 0 unspecified atom stereocenters. The second-order valence-corrected chi connectivity index (χ2v) is 3.58. The van der Waals surface area contributed by atoms with Gasteiger partial charge in [0.1, 0.15) is 12.2 Å². The SMILES string of the molecule is O=C(O)[C@@H](O)[C@@H](O)[C@H](O)[C@@H](O)C(=O)I. The van der Waals surface area contributed by atoms with E-state index in [1.807, 2.05) is 0 Å². The van der Waals surface area contributed by atoms with Gasteiger partial charge in [-0.15, -0.1) is 0 Å². The Labute approximate surface area is 92.1 Å². The third kappa shape index (κ3) is 3.46. The lowest BCUT2D eigenvalue weighted by Gasteiger charge is -2.22. The lowest BCUT2D eigenvalue weighted by Crippen LogP contribution is -2.49. The highest BCUT2D eigenvalue weighted by molar-refractivity contribution is 14.1. The zero-order chi connectivity index (χ0) is 11.5. The van der Waals surface area contributed by atoms with E-state index in [4.69, 9.17) is 25.5 Å². The van der Waals surface area contributed by atoms with Crippen molar-refractivity contribution in [1.29, 1.82) is 0 Å². The first-order valence-corrected chi connectivity index (χ1v) is 4.51. The Morgan fingerprint density at radius 1 is 0.929 bits per heavy atom. The number of carboxylic acid groups (broad SMARTS) is 1. The summed E-state index contributed by atoms with van der Waals surface area (Å²) < 4.78 is -0.869.